The Morgan fingerprint density at radius 1 is 1.22 bits per heavy atom. The van der Waals surface area contributed by atoms with Gasteiger partial charge in [-0.05, 0) is 61.1 Å². The SMILES string of the molecule is CCC(Oc1ccccc1F)C(=O)Nc1sc2c(c1C(=O)NC1CCS(=O)(=O)C1)CCC(C(C)(C)C)C2. The lowest BCUT2D eigenvalue weighted by Crippen LogP contribution is -2.37. The van der Waals surface area contributed by atoms with Crippen molar-refractivity contribution in [3.8, 4) is 5.75 Å². The van der Waals surface area contributed by atoms with Crippen LogP contribution < -0.4 is 15.4 Å². The van der Waals surface area contributed by atoms with Gasteiger partial charge in [0.25, 0.3) is 11.8 Å². The Bertz CT molecular complexity index is 1280. The first-order valence-electron chi connectivity index (χ1n) is 12.8. The van der Waals surface area contributed by atoms with Crippen LogP contribution in [0.3, 0.4) is 0 Å². The fourth-order valence-electron chi connectivity index (χ4n) is 5.03. The molecule has 0 bridgehead atoms. The van der Waals surface area contributed by atoms with E-state index in [-0.39, 0.29) is 28.6 Å². The number of hydrogen-bond acceptors (Lipinski definition) is 6. The standard InChI is InChI=1S/C27H35FN2O5S2/c1-5-20(35-21-9-7-6-8-19(21)28)24(31)30-26-23(25(32)29-17-12-13-37(33,34)15-17)18-11-10-16(27(2,3)4)14-22(18)36-26/h6-9,16-17,20H,5,10-15H2,1-4H3,(H,29,32)(H,30,31). The lowest BCUT2D eigenvalue weighted by atomic mass is 9.72. The van der Waals surface area contributed by atoms with E-state index >= 15 is 0 Å². The Kier molecular flexibility index (Phi) is 7.99. The average Bonchev–Trinajstić information content (AvgIpc) is 3.35. The van der Waals surface area contributed by atoms with Gasteiger partial charge in [0.15, 0.2) is 27.5 Å². The van der Waals surface area contributed by atoms with Gasteiger partial charge in [-0.15, -0.1) is 11.3 Å². The molecule has 37 heavy (non-hydrogen) atoms. The number of fused-ring (bicyclic) bond motifs is 1. The summed E-state index contributed by atoms with van der Waals surface area (Å²) in [5, 5.41) is 6.21. The van der Waals surface area contributed by atoms with E-state index in [0.717, 1.165) is 23.3 Å². The number of para-hydroxylation sites is 1. The molecule has 0 radical (unpaired) electrons. The number of carbonyl (C=O) groups is 2. The minimum Gasteiger partial charge on any atom is -0.478 e. The number of sulfone groups is 1. The summed E-state index contributed by atoms with van der Waals surface area (Å²) in [6, 6.07) is 5.47. The summed E-state index contributed by atoms with van der Waals surface area (Å²) < 4.78 is 43.6. The molecule has 2 aromatic rings. The highest BCUT2D eigenvalue weighted by atomic mass is 32.2. The Morgan fingerprint density at radius 2 is 1.95 bits per heavy atom. The summed E-state index contributed by atoms with van der Waals surface area (Å²) in [5.74, 6) is -0.981. The third-order valence-corrected chi connectivity index (χ3v) is 10.2. The van der Waals surface area contributed by atoms with Crippen LogP contribution in [-0.2, 0) is 27.5 Å². The van der Waals surface area contributed by atoms with Crippen molar-refractivity contribution in [2.75, 3.05) is 16.8 Å². The van der Waals surface area contributed by atoms with E-state index in [9.17, 15) is 22.4 Å². The van der Waals surface area contributed by atoms with Crippen LogP contribution in [0, 0.1) is 17.2 Å². The van der Waals surface area contributed by atoms with Gasteiger partial charge < -0.3 is 15.4 Å². The van der Waals surface area contributed by atoms with Crippen molar-refractivity contribution in [1.29, 1.82) is 0 Å². The molecule has 2 heterocycles. The van der Waals surface area contributed by atoms with Gasteiger partial charge in [0.2, 0.25) is 0 Å². The molecule has 2 amide bonds. The summed E-state index contributed by atoms with van der Waals surface area (Å²) in [4.78, 5) is 27.8. The molecule has 2 N–H and O–H groups in total. The minimum absolute atomic E-state index is 0.0107. The van der Waals surface area contributed by atoms with Crippen LogP contribution in [0.2, 0.25) is 0 Å². The van der Waals surface area contributed by atoms with E-state index in [0.29, 0.717) is 35.7 Å². The molecule has 1 aliphatic heterocycles. The van der Waals surface area contributed by atoms with Gasteiger partial charge >= 0.3 is 0 Å². The van der Waals surface area contributed by atoms with Crippen molar-refractivity contribution in [3.05, 3.63) is 46.1 Å². The number of halogens is 1. The maximum Gasteiger partial charge on any atom is 0.266 e. The minimum atomic E-state index is -3.16. The van der Waals surface area contributed by atoms with Gasteiger partial charge in [-0.1, -0.05) is 39.8 Å². The molecule has 10 heteroatoms. The fourth-order valence-corrected chi connectivity index (χ4v) is 8.03. The number of thiophene rings is 1. The number of anilines is 1. The molecule has 1 fully saturated rings. The van der Waals surface area contributed by atoms with Crippen molar-refractivity contribution in [1.82, 2.24) is 5.32 Å². The smallest absolute Gasteiger partial charge is 0.266 e. The topological polar surface area (TPSA) is 102 Å². The van der Waals surface area contributed by atoms with Gasteiger partial charge in [-0.3, -0.25) is 9.59 Å². The zero-order valence-electron chi connectivity index (χ0n) is 21.7. The van der Waals surface area contributed by atoms with E-state index in [1.54, 1.807) is 19.1 Å². The molecular formula is C27H35FN2O5S2. The molecule has 3 unspecified atom stereocenters. The van der Waals surface area contributed by atoms with Gasteiger partial charge in [0.1, 0.15) is 5.00 Å². The van der Waals surface area contributed by atoms with Gasteiger partial charge in [-0.2, -0.15) is 0 Å². The van der Waals surface area contributed by atoms with E-state index in [4.69, 9.17) is 4.74 Å². The second-order valence-electron chi connectivity index (χ2n) is 11.0. The van der Waals surface area contributed by atoms with Crippen LogP contribution in [0.1, 0.15) is 67.8 Å². The highest BCUT2D eigenvalue weighted by Gasteiger charge is 2.36. The van der Waals surface area contributed by atoms with Crippen molar-refractivity contribution in [2.45, 2.75) is 71.9 Å². The summed E-state index contributed by atoms with van der Waals surface area (Å²) in [6.45, 7) is 8.39. The molecule has 7 nitrogen and oxygen atoms in total. The molecule has 3 atom stereocenters. The molecular weight excluding hydrogens is 515 g/mol. The third kappa shape index (κ3) is 6.34. The Morgan fingerprint density at radius 3 is 2.57 bits per heavy atom. The van der Waals surface area contributed by atoms with Crippen LogP contribution in [0.15, 0.2) is 24.3 Å². The van der Waals surface area contributed by atoms with Crippen LogP contribution in [0.5, 0.6) is 5.75 Å². The quantitative estimate of drug-likeness (QED) is 0.518. The fraction of sp³-hybridized carbons (Fsp3) is 0.556. The largest absolute Gasteiger partial charge is 0.478 e. The molecule has 0 spiro atoms. The molecule has 2 aliphatic rings. The monoisotopic (exact) mass is 550 g/mol. The molecule has 202 valence electrons. The van der Waals surface area contributed by atoms with Crippen LogP contribution >= 0.6 is 11.3 Å². The predicted molar refractivity (Wildman–Crippen MR) is 144 cm³/mol. The van der Waals surface area contributed by atoms with Crippen LogP contribution in [0.25, 0.3) is 0 Å². The summed E-state index contributed by atoms with van der Waals surface area (Å²) >= 11 is 1.39. The summed E-state index contributed by atoms with van der Waals surface area (Å²) in [6.07, 6.45) is 2.17. The van der Waals surface area contributed by atoms with Crippen molar-refractivity contribution >= 4 is 38.0 Å². The highest BCUT2D eigenvalue weighted by Crippen LogP contribution is 2.44. The van der Waals surface area contributed by atoms with Crippen molar-refractivity contribution in [2.24, 2.45) is 11.3 Å². The molecule has 1 aliphatic carbocycles. The third-order valence-electron chi connectivity index (χ3n) is 7.29. The number of amides is 2. The van der Waals surface area contributed by atoms with Gasteiger partial charge in [-0.25, -0.2) is 12.8 Å². The lowest BCUT2D eigenvalue weighted by molar-refractivity contribution is -0.122. The summed E-state index contributed by atoms with van der Waals surface area (Å²) in [5.41, 5.74) is 1.43. The number of ether oxygens (including phenoxy) is 1. The average molecular weight is 551 g/mol. The molecule has 1 saturated heterocycles. The van der Waals surface area contributed by atoms with E-state index < -0.39 is 33.7 Å². The van der Waals surface area contributed by atoms with Crippen LogP contribution in [-0.4, -0.2) is 43.9 Å². The zero-order chi connectivity index (χ0) is 27.0. The van der Waals surface area contributed by atoms with E-state index in [1.165, 1.54) is 23.5 Å². The number of hydrogen-bond donors (Lipinski definition) is 2. The van der Waals surface area contributed by atoms with Gasteiger partial charge in [0.05, 0.1) is 17.1 Å². The van der Waals surface area contributed by atoms with Crippen LogP contribution in [0.4, 0.5) is 9.39 Å². The number of nitrogens with one attached hydrogen (secondary N) is 2. The lowest BCUT2D eigenvalue weighted by Gasteiger charge is -2.33. The predicted octanol–water partition coefficient (Wildman–Crippen LogP) is 4.75. The highest BCUT2D eigenvalue weighted by molar-refractivity contribution is 7.91. The maximum atomic E-state index is 14.1. The maximum absolute atomic E-state index is 14.1. The number of rotatable bonds is 7. The first-order valence-corrected chi connectivity index (χ1v) is 15.4. The summed E-state index contributed by atoms with van der Waals surface area (Å²) in [7, 11) is -3.16. The molecule has 0 saturated carbocycles. The van der Waals surface area contributed by atoms with E-state index in [1.807, 2.05) is 0 Å². The first kappa shape index (κ1) is 27.6. The Labute approximate surface area is 222 Å². The van der Waals surface area contributed by atoms with Crippen molar-refractivity contribution in [3.63, 3.8) is 0 Å². The second-order valence-corrected chi connectivity index (χ2v) is 14.4. The number of benzene rings is 1. The molecule has 1 aromatic heterocycles. The Balaban J connectivity index is 1.61. The number of carbonyl (C=O) groups excluding carboxylic acids is 2. The molecule has 4 rings (SSSR count). The normalized spacial score (nSPS) is 21.6. The zero-order valence-corrected chi connectivity index (χ0v) is 23.4. The first-order chi connectivity index (χ1) is 17.4. The Hall–Kier alpha value is -2.46. The second kappa shape index (κ2) is 10.7. The molecule has 1 aromatic carbocycles. The van der Waals surface area contributed by atoms with Crippen molar-refractivity contribution < 1.29 is 27.1 Å². The van der Waals surface area contributed by atoms with Gasteiger partial charge in [0, 0.05) is 10.9 Å². The van der Waals surface area contributed by atoms with E-state index in [2.05, 4.69) is 31.4 Å².